The largest absolute Gasteiger partial charge is 0.491 e. The van der Waals surface area contributed by atoms with E-state index in [2.05, 4.69) is 12.2 Å². The van der Waals surface area contributed by atoms with Crippen LogP contribution in [0.15, 0.2) is 24.3 Å². The third-order valence-corrected chi connectivity index (χ3v) is 2.20. The van der Waals surface area contributed by atoms with E-state index in [-0.39, 0.29) is 0 Å². The highest BCUT2D eigenvalue weighted by Gasteiger charge is 1.94. The number of ether oxygens (including phenoxy) is 2. The molecule has 0 aliphatic heterocycles. The molecule has 1 aromatic rings. The van der Waals surface area contributed by atoms with Crippen LogP contribution in [0.2, 0.25) is 5.02 Å². The predicted octanol–water partition coefficient (Wildman–Crippen LogP) is 2.34. The maximum Gasteiger partial charge on any atom is 0.120 e. The minimum Gasteiger partial charge on any atom is -0.491 e. The lowest BCUT2D eigenvalue weighted by Crippen LogP contribution is -2.20. The Hall–Kier alpha value is -0.770. The highest BCUT2D eigenvalue weighted by atomic mass is 35.5. The standard InChI is InChI=1S/C12H18ClNO2/c1-2-14-6-7-15-8-9-16-12-5-3-4-11(13)10-12/h3-5,10,14H,2,6-9H2,1H3. The third-order valence-electron chi connectivity index (χ3n) is 1.97. The summed E-state index contributed by atoms with van der Waals surface area (Å²) in [5.74, 6) is 0.780. The molecule has 0 heterocycles. The van der Waals surface area contributed by atoms with Crippen molar-refractivity contribution in [1.29, 1.82) is 0 Å². The highest BCUT2D eigenvalue weighted by molar-refractivity contribution is 6.30. The summed E-state index contributed by atoms with van der Waals surface area (Å²) in [6, 6.07) is 7.36. The van der Waals surface area contributed by atoms with Gasteiger partial charge in [-0.15, -0.1) is 0 Å². The van der Waals surface area contributed by atoms with Crippen molar-refractivity contribution >= 4 is 11.6 Å². The van der Waals surface area contributed by atoms with Crippen LogP contribution < -0.4 is 10.1 Å². The van der Waals surface area contributed by atoms with Gasteiger partial charge in [-0.1, -0.05) is 24.6 Å². The molecular formula is C12H18ClNO2. The fraction of sp³-hybridized carbons (Fsp3) is 0.500. The Labute approximate surface area is 102 Å². The number of hydrogen-bond acceptors (Lipinski definition) is 3. The zero-order valence-electron chi connectivity index (χ0n) is 9.54. The van der Waals surface area contributed by atoms with Gasteiger partial charge in [-0.2, -0.15) is 0 Å². The number of hydrogen-bond donors (Lipinski definition) is 1. The smallest absolute Gasteiger partial charge is 0.120 e. The summed E-state index contributed by atoms with van der Waals surface area (Å²) in [5, 5.41) is 3.87. The van der Waals surface area contributed by atoms with Crippen molar-refractivity contribution in [3.8, 4) is 5.75 Å². The molecule has 0 fully saturated rings. The molecule has 0 aliphatic carbocycles. The molecule has 0 amide bonds. The first kappa shape index (κ1) is 13.3. The Bertz CT molecular complexity index is 294. The average molecular weight is 244 g/mol. The molecule has 3 nitrogen and oxygen atoms in total. The molecule has 1 N–H and O–H groups in total. The van der Waals surface area contributed by atoms with Crippen molar-refractivity contribution in [2.24, 2.45) is 0 Å². The molecule has 0 bridgehead atoms. The second-order valence-electron chi connectivity index (χ2n) is 3.27. The maximum atomic E-state index is 5.82. The van der Waals surface area contributed by atoms with E-state index in [0.717, 1.165) is 18.8 Å². The average Bonchev–Trinajstić information content (AvgIpc) is 2.28. The second-order valence-corrected chi connectivity index (χ2v) is 3.71. The van der Waals surface area contributed by atoms with Crippen molar-refractivity contribution in [2.75, 3.05) is 32.9 Å². The summed E-state index contributed by atoms with van der Waals surface area (Å²) in [7, 11) is 0. The lowest BCUT2D eigenvalue weighted by atomic mass is 10.3. The molecule has 0 aliphatic rings. The lowest BCUT2D eigenvalue weighted by Gasteiger charge is -2.07. The normalized spacial score (nSPS) is 10.4. The van der Waals surface area contributed by atoms with E-state index in [1.807, 2.05) is 18.2 Å². The van der Waals surface area contributed by atoms with Gasteiger partial charge >= 0.3 is 0 Å². The summed E-state index contributed by atoms with van der Waals surface area (Å²) in [6.07, 6.45) is 0. The first-order valence-electron chi connectivity index (χ1n) is 5.49. The summed E-state index contributed by atoms with van der Waals surface area (Å²) in [4.78, 5) is 0. The van der Waals surface area contributed by atoms with Crippen molar-refractivity contribution in [3.05, 3.63) is 29.3 Å². The maximum absolute atomic E-state index is 5.82. The van der Waals surface area contributed by atoms with Gasteiger partial charge in [0.1, 0.15) is 12.4 Å². The molecule has 0 radical (unpaired) electrons. The fourth-order valence-electron chi connectivity index (χ4n) is 1.20. The van der Waals surface area contributed by atoms with Gasteiger partial charge in [0.15, 0.2) is 0 Å². The lowest BCUT2D eigenvalue weighted by molar-refractivity contribution is 0.102. The summed E-state index contributed by atoms with van der Waals surface area (Å²) in [5.41, 5.74) is 0. The van der Waals surface area contributed by atoms with Gasteiger partial charge in [0.2, 0.25) is 0 Å². The topological polar surface area (TPSA) is 30.5 Å². The molecule has 4 heteroatoms. The molecule has 0 saturated heterocycles. The van der Waals surface area contributed by atoms with E-state index in [0.29, 0.717) is 24.8 Å². The monoisotopic (exact) mass is 243 g/mol. The van der Waals surface area contributed by atoms with Crippen molar-refractivity contribution in [2.45, 2.75) is 6.92 Å². The number of likely N-dealkylation sites (N-methyl/N-ethyl adjacent to an activating group) is 1. The van der Waals surface area contributed by atoms with Crippen LogP contribution in [-0.2, 0) is 4.74 Å². The van der Waals surface area contributed by atoms with Gasteiger partial charge in [-0.25, -0.2) is 0 Å². The predicted molar refractivity (Wildman–Crippen MR) is 66.3 cm³/mol. The van der Waals surface area contributed by atoms with Crippen LogP contribution in [0.5, 0.6) is 5.75 Å². The Morgan fingerprint density at radius 2 is 2.12 bits per heavy atom. The van der Waals surface area contributed by atoms with Gasteiger partial charge < -0.3 is 14.8 Å². The number of nitrogens with one attached hydrogen (secondary N) is 1. The van der Waals surface area contributed by atoms with E-state index in [1.165, 1.54) is 0 Å². The Morgan fingerprint density at radius 3 is 2.88 bits per heavy atom. The highest BCUT2D eigenvalue weighted by Crippen LogP contribution is 2.16. The van der Waals surface area contributed by atoms with Crippen LogP contribution in [-0.4, -0.2) is 32.9 Å². The van der Waals surface area contributed by atoms with Crippen LogP contribution in [0.1, 0.15) is 6.92 Å². The molecule has 1 aromatic carbocycles. The molecule has 0 unspecified atom stereocenters. The van der Waals surface area contributed by atoms with Crippen molar-refractivity contribution in [3.63, 3.8) is 0 Å². The minimum absolute atomic E-state index is 0.548. The third kappa shape index (κ3) is 5.95. The van der Waals surface area contributed by atoms with E-state index < -0.39 is 0 Å². The van der Waals surface area contributed by atoms with Crippen molar-refractivity contribution < 1.29 is 9.47 Å². The van der Waals surface area contributed by atoms with Crippen LogP contribution >= 0.6 is 11.6 Å². The van der Waals surface area contributed by atoms with Crippen LogP contribution in [0.25, 0.3) is 0 Å². The first-order chi connectivity index (χ1) is 7.83. The second kappa shape index (κ2) is 8.39. The SMILES string of the molecule is CCNCCOCCOc1cccc(Cl)c1. The zero-order valence-corrected chi connectivity index (χ0v) is 10.3. The Kier molecular flexibility index (Phi) is 6.97. The summed E-state index contributed by atoms with van der Waals surface area (Å²) < 4.78 is 10.8. The molecule has 0 atom stereocenters. The minimum atomic E-state index is 0.548. The van der Waals surface area contributed by atoms with Crippen LogP contribution in [0.3, 0.4) is 0 Å². The van der Waals surface area contributed by atoms with E-state index in [1.54, 1.807) is 6.07 Å². The van der Waals surface area contributed by atoms with E-state index in [4.69, 9.17) is 21.1 Å². The van der Waals surface area contributed by atoms with E-state index >= 15 is 0 Å². The van der Waals surface area contributed by atoms with Crippen LogP contribution in [0, 0.1) is 0 Å². The van der Waals surface area contributed by atoms with E-state index in [9.17, 15) is 0 Å². The molecule has 0 aromatic heterocycles. The van der Waals surface area contributed by atoms with Gasteiger partial charge in [0.25, 0.3) is 0 Å². The number of rotatable bonds is 8. The summed E-state index contributed by atoms with van der Waals surface area (Å²) in [6.45, 7) is 5.79. The van der Waals surface area contributed by atoms with Crippen molar-refractivity contribution in [1.82, 2.24) is 5.32 Å². The molecule has 0 saturated carbocycles. The molecular weight excluding hydrogens is 226 g/mol. The quantitative estimate of drug-likeness (QED) is 0.711. The molecule has 90 valence electrons. The molecule has 16 heavy (non-hydrogen) atoms. The Balaban J connectivity index is 2.03. The van der Waals surface area contributed by atoms with Gasteiger partial charge in [-0.05, 0) is 24.7 Å². The summed E-state index contributed by atoms with van der Waals surface area (Å²) >= 11 is 5.82. The van der Waals surface area contributed by atoms with Gasteiger partial charge in [0.05, 0.1) is 13.2 Å². The molecule has 0 spiro atoms. The first-order valence-corrected chi connectivity index (χ1v) is 5.87. The number of benzene rings is 1. The zero-order chi connectivity index (χ0) is 11.6. The van der Waals surface area contributed by atoms with Crippen LogP contribution in [0.4, 0.5) is 0 Å². The Morgan fingerprint density at radius 1 is 1.25 bits per heavy atom. The van der Waals surface area contributed by atoms with Gasteiger partial charge in [0, 0.05) is 11.6 Å². The van der Waals surface area contributed by atoms with Gasteiger partial charge in [-0.3, -0.25) is 0 Å². The molecule has 1 rings (SSSR count). The fourth-order valence-corrected chi connectivity index (χ4v) is 1.38. The number of halogens is 1.